The molecule has 0 aliphatic rings. The van der Waals surface area contributed by atoms with Crippen LogP contribution in [0.25, 0.3) is 16.4 Å². The van der Waals surface area contributed by atoms with E-state index in [1.165, 1.54) is 11.8 Å². The van der Waals surface area contributed by atoms with E-state index in [4.69, 9.17) is 5.11 Å². The first-order valence-electron chi connectivity index (χ1n) is 7.55. The van der Waals surface area contributed by atoms with Crippen LogP contribution < -0.4 is 0 Å². The van der Waals surface area contributed by atoms with Gasteiger partial charge in [0.1, 0.15) is 0 Å². The predicted octanol–water partition coefficient (Wildman–Crippen LogP) is 4.61. The average Bonchev–Trinajstić information content (AvgIpc) is 3.36. The lowest BCUT2D eigenvalue weighted by Gasteiger charge is -2.09. The molecule has 0 amide bonds. The van der Waals surface area contributed by atoms with Gasteiger partial charge >= 0.3 is 5.97 Å². The zero-order valence-corrected chi connectivity index (χ0v) is 15.9. The fourth-order valence-electron chi connectivity index (χ4n) is 2.34. The number of nitrogens with zero attached hydrogens (tertiary/aromatic N) is 4. The molecule has 0 fully saturated rings. The highest BCUT2D eigenvalue weighted by Crippen LogP contribution is 2.34. The van der Waals surface area contributed by atoms with Crippen LogP contribution in [0.1, 0.15) is 16.1 Å². The Bertz CT molecular complexity index is 1050. The van der Waals surface area contributed by atoms with Crippen molar-refractivity contribution in [2.45, 2.75) is 16.4 Å². The number of hydrogen-bond donors (Lipinski definition) is 1. The molecule has 0 atom stereocenters. The molecule has 0 unspecified atom stereocenters. The van der Waals surface area contributed by atoms with Crippen LogP contribution in [0, 0.1) is 6.92 Å². The second-order valence-corrected chi connectivity index (χ2v) is 8.35. The first-order valence-corrected chi connectivity index (χ1v) is 10.1. The van der Waals surface area contributed by atoms with Crippen LogP contribution in [0.15, 0.2) is 56.7 Å². The Morgan fingerprint density at radius 2 is 1.96 bits per heavy atom. The Balaban J connectivity index is 1.81. The summed E-state index contributed by atoms with van der Waals surface area (Å²) in [5, 5.41) is 22.5. The fraction of sp³-hybridized carbons (Fsp3) is 0.0588. The van der Waals surface area contributed by atoms with E-state index >= 15 is 0 Å². The van der Waals surface area contributed by atoms with Gasteiger partial charge in [0.15, 0.2) is 10.2 Å². The number of thiophene rings is 1. The van der Waals surface area contributed by atoms with Gasteiger partial charge in [-0.25, -0.2) is 9.78 Å². The van der Waals surface area contributed by atoms with Gasteiger partial charge in [0.25, 0.3) is 0 Å². The number of thiazole rings is 1. The fourth-order valence-corrected chi connectivity index (χ4v) is 4.83. The predicted molar refractivity (Wildman–Crippen MR) is 103 cm³/mol. The van der Waals surface area contributed by atoms with Gasteiger partial charge in [-0.1, -0.05) is 6.07 Å². The molecule has 1 aromatic carbocycles. The summed E-state index contributed by atoms with van der Waals surface area (Å²) in [6, 6.07) is 10.6. The van der Waals surface area contributed by atoms with Crippen molar-refractivity contribution in [3.63, 3.8) is 0 Å². The molecule has 0 radical (unpaired) electrons. The Kier molecular flexibility index (Phi) is 4.58. The van der Waals surface area contributed by atoms with Crippen LogP contribution in [0.4, 0.5) is 0 Å². The molecule has 0 saturated carbocycles. The third-order valence-electron chi connectivity index (χ3n) is 3.52. The number of aryl methyl sites for hydroxylation is 1. The molecule has 130 valence electrons. The van der Waals surface area contributed by atoms with E-state index in [0.29, 0.717) is 5.16 Å². The molecule has 0 bridgehead atoms. The average molecular weight is 401 g/mol. The van der Waals surface area contributed by atoms with E-state index < -0.39 is 5.97 Å². The van der Waals surface area contributed by atoms with Crippen LogP contribution in [-0.4, -0.2) is 30.8 Å². The lowest BCUT2D eigenvalue weighted by atomic mass is 10.2. The molecule has 3 heterocycles. The molecule has 0 aliphatic heterocycles. The van der Waals surface area contributed by atoms with Crippen molar-refractivity contribution in [1.82, 2.24) is 19.7 Å². The van der Waals surface area contributed by atoms with Crippen molar-refractivity contribution in [3.8, 4) is 16.4 Å². The van der Waals surface area contributed by atoms with E-state index in [2.05, 4.69) is 15.2 Å². The monoisotopic (exact) mass is 400 g/mol. The molecule has 3 aromatic heterocycles. The molecule has 0 aliphatic carbocycles. The van der Waals surface area contributed by atoms with Gasteiger partial charge in [-0.3, -0.25) is 4.57 Å². The molecule has 9 heteroatoms. The maximum atomic E-state index is 11.1. The molecule has 26 heavy (non-hydrogen) atoms. The summed E-state index contributed by atoms with van der Waals surface area (Å²) in [5.41, 5.74) is 2.01. The van der Waals surface area contributed by atoms with Crippen molar-refractivity contribution in [2.24, 2.45) is 0 Å². The second-order valence-electron chi connectivity index (χ2n) is 5.33. The van der Waals surface area contributed by atoms with E-state index in [0.717, 1.165) is 26.4 Å². The largest absolute Gasteiger partial charge is 0.478 e. The first kappa shape index (κ1) is 17.0. The zero-order valence-electron chi connectivity index (χ0n) is 13.5. The lowest BCUT2D eigenvalue weighted by molar-refractivity contribution is 0.0697. The van der Waals surface area contributed by atoms with E-state index in [1.54, 1.807) is 46.9 Å². The summed E-state index contributed by atoms with van der Waals surface area (Å²) in [7, 11) is 0. The van der Waals surface area contributed by atoms with Gasteiger partial charge in [-0.2, -0.15) is 0 Å². The molecule has 6 nitrogen and oxygen atoms in total. The smallest absolute Gasteiger partial charge is 0.335 e. The second kappa shape index (κ2) is 7.02. The van der Waals surface area contributed by atoms with Gasteiger partial charge in [-0.05, 0) is 54.4 Å². The number of carboxylic acids is 1. The third-order valence-corrected chi connectivity index (χ3v) is 6.39. The van der Waals surface area contributed by atoms with Crippen LogP contribution >= 0.6 is 34.4 Å². The molecule has 4 rings (SSSR count). The number of carboxylic acid groups (broad SMARTS) is 1. The summed E-state index contributed by atoms with van der Waals surface area (Å²) in [6.07, 6.45) is 0. The normalized spacial score (nSPS) is 11.0. The minimum atomic E-state index is -0.952. The summed E-state index contributed by atoms with van der Waals surface area (Å²) in [5.74, 6) is -0.231. The summed E-state index contributed by atoms with van der Waals surface area (Å²) >= 11 is 4.58. The van der Waals surface area contributed by atoms with E-state index in [1.807, 2.05) is 34.4 Å². The number of aromatic carboxylic acids is 1. The Morgan fingerprint density at radius 1 is 1.15 bits per heavy atom. The quantitative estimate of drug-likeness (QED) is 0.527. The topological polar surface area (TPSA) is 80.9 Å². The van der Waals surface area contributed by atoms with Crippen LogP contribution in [0.2, 0.25) is 0 Å². The van der Waals surface area contributed by atoms with Crippen molar-refractivity contribution in [2.75, 3.05) is 0 Å². The SMILES string of the molecule is Cc1csc(Sc2nnc(-c3cccs3)n2-c2ccc(C(=O)O)cc2)n1. The molecule has 1 N–H and O–H groups in total. The number of rotatable bonds is 5. The van der Waals surface area contributed by atoms with Crippen molar-refractivity contribution >= 4 is 40.4 Å². The van der Waals surface area contributed by atoms with Crippen LogP contribution in [-0.2, 0) is 0 Å². The highest BCUT2D eigenvalue weighted by atomic mass is 32.2. The lowest BCUT2D eigenvalue weighted by Crippen LogP contribution is -2.01. The molecular weight excluding hydrogens is 388 g/mol. The first-order chi connectivity index (χ1) is 12.6. The summed E-state index contributed by atoms with van der Waals surface area (Å²) in [6.45, 7) is 1.95. The third kappa shape index (κ3) is 3.28. The summed E-state index contributed by atoms with van der Waals surface area (Å²) < 4.78 is 2.81. The standard InChI is InChI=1S/C17H12N4O2S3/c1-10-9-25-17(18-10)26-16-20-19-14(13-3-2-8-24-13)21(16)12-6-4-11(5-7-12)15(22)23/h2-9H,1H3,(H,22,23). The molecule has 4 aromatic rings. The van der Waals surface area contributed by atoms with Crippen molar-refractivity contribution < 1.29 is 9.90 Å². The van der Waals surface area contributed by atoms with Gasteiger partial charge in [-0.15, -0.1) is 32.9 Å². The number of hydrogen-bond acceptors (Lipinski definition) is 7. The number of carbonyl (C=O) groups is 1. The maximum Gasteiger partial charge on any atom is 0.335 e. The van der Waals surface area contributed by atoms with Gasteiger partial charge in [0.05, 0.1) is 10.4 Å². The highest BCUT2D eigenvalue weighted by Gasteiger charge is 2.18. The minimum Gasteiger partial charge on any atom is -0.478 e. The Labute approximate surface area is 161 Å². The Morgan fingerprint density at radius 3 is 2.58 bits per heavy atom. The number of aromatic nitrogens is 4. The minimum absolute atomic E-state index is 0.240. The van der Waals surface area contributed by atoms with Crippen LogP contribution in [0.3, 0.4) is 0 Å². The highest BCUT2D eigenvalue weighted by molar-refractivity contribution is 8.00. The summed E-state index contributed by atoms with van der Waals surface area (Å²) in [4.78, 5) is 16.6. The van der Waals surface area contributed by atoms with Crippen LogP contribution in [0.5, 0.6) is 0 Å². The molecular formula is C17H12N4O2S3. The zero-order chi connectivity index (χ0) is 18.1. The van der Waals surface area contributed by atoms with Crippen molar-refractivity contribution in [1.29, 1.82) is 0 Å². The molecule has 0 spiro atoms. The van der Waals surface area contributed by atoms with E-state index in [9.17, 15) is 4.79 Å². The van der Waals surface area contributed by atoms with Crippen molar-refractivity contribution in [3.05, 3.63) is 58.4 Å². The van der Waals surface area contributed by atoms with Gasteiger partial charge < -0.3 is 5.11 Å². The van der Waals surface area contributed by atoms with Gasteiger partial charge in [0.2, 0.25) is 5.16 Å². The number of benzene rings is 1. The molecule has 0 saturated heterocycles. The Hall–Kier alpha value is -2.49. The maximum absolute atomic E-state index is 11.1. The van der Waals surface area contributed by atoms with Gasteiger partial charge in [0, 0.05) is 16.8 Å². The van der Waals surface area contributed by atoms with E-state index in [-0.39, 0.29) is 5.56 Å².